The molecule has 0 aliphatic carbocycles. The van der Waals surface area contributed by atoms with Crippen LogP contribution in [0.4, 0.5) is 0 Å². The van der Waals surface area contributed by atoms with Gasteiger partial charge in [0.2, 0.25) is 0 Å². The number of fused-ring (bicyclic) bond motifs is 1. The summed E-state index contributed by atoms with van der Waals surface area (Å²) in [7, 11) is 0. The van der Waals surface area contributed by atoms with Crippen LogP contribution >= 0.6 is 0 Å². The van der Waals surface area contributed by atoms with Gasteiger partial charge in [0.25, 0.3) is 0 Å². The Morgan fingerprint density at radius 3 is 2.76 bits per heavy atom. The van der Waals surface area contributed by atoms with E-state index < -0.39 is 0 Å². The summed E-state index contributed by atoms with van der Waals surface area (Å²) in [4.78, 5) is 4.16. The SMILES string of the molecule is NCc1cncn1-c1cccc2ccccc12. The average molecular weight is 223 g/mol. The van der Waals surface area contributed by atoms with Crippen molar-refractivity contribution in [2.75, 3.05) is 0 Å². The second kappa shape index (κ2) is 4.03. The van der Waals surface area contributed by atoms with Crippen molar-refractivity contribution in [3.8, 4) is 5.69 Å². The number of rotatable bonds is 2. The van der Waals surface area contributed by atoms with Crippen LogP contribution in [0.1, 0.15) is 5.69 Å². The van der Waals surface area contributed by atoms with Crippen molar-refractivity contribution >= 4 is 10.8 Å². The number of hydrogen-bond acceptors (Lipinski definition) is 2. The normalized spacial score (nSPS) is 10.9. The molecule has 1 aromatic heterocycles. The van der Waals surface area contributed by atoms with Gasteiger partial charge in [-0.25, -0.2) is 4.98 Å². The van der Waals surface area contributed by atoms with Gasteiger partial charge in [-0.05, 0) is 11.5 Å². The third-order valence-electron chi connectivity index (χ3n) is 2.95. The molecule has 0 saturated heterocycles. The summed E-state index contributed by atoms with van der Waals surface area (Å²) < 4.78 is 2.04. The largest absolute Gasteiger partial charge is 0.325 e. The molecular formula is C14H13N3. The van der Waals surface area contributed by atoms with E-state index in [1.54, 1.807) is 0 Å². The molecule has 3 nitrogen and oxygen atoms in total. The van der Waals surface area contributed by atoms with Crippen LogP contribution in [0.15, 0.2) is 55.0 Å². The van der Waals surface area contributed by atoms with Gasteiger partial charge in [0.15, 0.2) is 0 Å². The van der Waals surface area contributed by atoms with Crippen LogP contribution in [0.5, 0.6) is 0 Å². The maximum absolute atomic E-state index is 5.72. The molecule has 2 aromatic carbocycles. The molecule has 0 amide bonds. The number of imidazole rings is 1. The Balaban J connectivity index is 2.31. The number of nitrogens with zero attached hydrogens (tertiary/aromatic N) is 2. The zero-order valence-electron chi connectivity index (χ0n) is 9.38. The van der Waals surface area contributed by atoms with Crippen LogP contribution in [0.3, 0.4) is 0 Å². The molecule has 0 aliphatic rings. The van der Waals surface area contributed by atoms with E-state index in [-0.39, 0.29) is 0 Å². The predicted molar refractivity (Wildman–Crippen MR) is 69.0 cm³/mol. The van der Waals surface area contributed by atoms with Crippen molar-refractivity contribution in [3.05, 3.63) is 60.7 Å². The van der Waals surface area contributed by atoms with E-state index in [2.05, 4.69) is 35.3 Å². The molecule has 1 heterocycles. The van der Waals surface area contributed by atoms with Crippen LogP contribution in [0.25, 0.3) is 16.5 Å². The van der Waals surface area contributed by atoms with Gasteiger partial charge >= 0.3 is 0 Å². The highest BCUT2D eigenvalue weighted by atomic mass is 15.1. The van der Waals surface area contributed by atoms with Gasteiger partial charge in [-0.3, -0.25) is 0 Å². The third kappa shape index (κ3) is 1.61. The molecule has 0 unspecified atom stereocenters. The summed E-state index contributed by atoms with van der Waals surface area (Å²) in [6.07, 6.45) is 3.62. The number of aromatic nitrogens is 2. The van der Waals surface area contributed by atoms with Gasteiger partial charge in [0.1, 0.15) is 0 Å². The van der Waals surface area contributed by atoms with Crippen molar-refractivity contribution in [2.45, 2.75) is 6.54 Å². The average Bonchev–Trinajstić information content (AvgIpc) is 2.86. The van der Waals surface area contributed by atoms with Crippen molar-refractivity contribution in [2.24, 2.45) is 5.73 Å². The van der Waals surface area contributed by atoms with E-state index in [9.17, 15) is 0 Å². The minimum atomic E-state index is 0.489. The first-order valence-electron chi connectivity index (χ1n) is 5.59. The van der Waals surface area contributed by atoms with Crippen LogP contribution in [0, 0.1) is 0 Å². The quantitative estimate of drug-likeness (QED) is 0.725. The van der Waals surface area contributed by atoms with Gasteiger partial charge in [-0.15, -0.1) is 0 Å². The van der Waals surface area contributed by atoms with E-state index in [1.165, 1.54) is 10.8 Å². The zero-order valence-corrected chi connectivity index (χ0v) is 9.38. The minimum absolute atomic E-state index is 0.489. The molecule has 0 fully saturated rings. The summed E-state index contributed by atoms with van der Waals surface area (Å²) in [5, 5.41) is 2.43. The van der Waals surface area contributed by atoms with E-state index in [4.69, 9.17) is 5.73 Å². The lowest BCUT2D eigenvalue weighted by atomic mass is 10.1. The monoisotopic (exact) mass is 223 g/mol. The Bertz CT molecular complexity index is 650. The first kappa shape index (κ1) is 10.1. The summed E-state index contributed by atoms with van der Waals surface area (Å²) in [5.41, 5.74) is 7.86. The maximum Gasteiger partial charge on any atom is 0.0994 e. The van der Waals surface area contributed by atoms with Crippen molar-refractivity contribution in [1.29, 1.82) is 0 Å². The highest BCUT2D eigenvalue weighted by molar-refractivity contribution is 5.90. The topological polar surface area (TPSA) is 43.8 Å². The van der Waals surface area contributed by atoms with Crippen molar-refractivity contribution < 1.29 is 0 Å². The molecule has 17 heavy (non-hydrogen) atoms. The number of hydrogen-bond donors (Lipinski definition) is 1. The Hall–Kier alpha value is -2.13. The Labute approximate surface area is 99.5 Å². The van der Waals surface area contributed by atoms with Gasteiger partial charge in [-0.2, -0.15) is 0 Å². The number of benzene rings is 2. The van der Waals surface area contributed by atoms with E-state index in [0.717, 1.165) is 11.4 Å². The molecule has 3 heteroatoms. The maximum atomic E-state index is 5.72. The van der Waals surface area contributed by atoms with Gasteiger partial charge in [0, 0.05) is 18.1 Å². The van der Waals surface area contributed by atoms with Crippen LogP contribution in [0.2, 0.25) is 0 Å². The van der Waals surface area contributed by atoms with Gasteiger partial charge < -0.3 is 10.3 Å². The summed E-state index contributed by atoms with van der Waals surface area (Å²) in [5.74, 6) is 0. The molecular weight excluding hydrogens is 210 g/mol. The molecule has 3 rings (SSSR count). The predicted octanol–water partition coefficient (Wildman–Crippen LogP) is 2.48. The lowest BCUT2D eigenvalue weighted by molar-refractivity contribution is 0.915. The summed E-state index contributed by atoms with van der Waals surface area (Å²) in [6, 6.07) is 14.6. The summed E-state index contributed by atoms with van der Waals surface area (Å²) >= 11 is 0. The smallest absolute Gasteiger partial charge is 0.0994 e. The Morgan fingerprint density at radius 1 is 1.06 bits per heavy atom. The fourth-order valence-corrected chi connectivity index (χ4v) is 2.11. The molecule has 0 atom stereocenters. The standard InChI is InChI=1S/C14H13N3/c15-8-12-9-16-10-17(12)14-7-3-5-11-4-1-2-6-13(11)14/h1-7,9-10H,8,15H2. The van der Waals surface area contributed by atoms with Crippen LogP contribution < -0.4 is 5.73 Å². The van der Waals surface area contributed by atoms with Crippen molar-refractivity contribution in [1.82, 2.24) is 9.55 Å². The van der Waals surface area contributed by atoms with Gasteiger partial charge in [0.05, 0.1) is 17.7 Å². The molecule has 2 N–H and O–H groups in total. The molecule has 0 saturated carbocycles. The zero-order chi connectivity index (χ0) is 11.7. The summed E-state index contributed by atoms with van der Waals surface area (Å²) in [6.45, 7) is 0.489. The lowest BCUT2D eigenvalue weighted by Crippen LogP contribution is -2.04. The second-order valence-corrected chi connectivity index (χ2v) is 3.96. The molecule has 0 bridgehead atoms. The third-order valence-corrected chi connectivity index (χ3v) is 2.95. The van der Waals surface area contributed by atoms with Crippen LogP contribution in [-0.2, 0) is 6.54 Å². The fourth-order valence-electron chi connectivity index (χ4n) is 2.11. The van der Waals surface area contributed by atoms with Gasteiger partial charge in [-0.1, -0.05) is 36.4 Å². The first-order valence-corrected chi connectivity index (χ1v) is 5.59. The lowest BCUT2D eigenvalue weighted by Gasteiger charge is -2.10. The molecule has 0 spiro atoms. The molecule has 0 aliphatic heterocycles. The first-order chi connectivity index (χ1) is 8.40. The van der Waals surface area contributed by atoms with Crippen molar-refractivity contribution in [3.63, 3.8) is 0 Å². The molecule has 3 aromatic rings. The van der Waals surface area contributed by atoms with Crippen LogP contribution in [-0.4, -0.2) is 9.55 Å². The highest BCUT2D eigenvalue weighted by Gasteiger charge is 2.05. The number of nitrogens with two attached hydrogens (primary N) is 1. The fraction of sp³-hybridized carbons (Fsp3) is 0.0714. The van der Waals surface area contributed by atoms with E-state index in [1.807, 2.05) is 29.2 Å². The highest BCUT2D eigenvalue weighted by Crippen LogP contribution is 2.22. The Morgan fingerprint density at radius 2 is 1.88 bits per heavy atom. The van der Waals surface area contributed by atoms with E-state index in [0.29, 0.717) is 6.54 Å². The van der Waals surface area contributed by atoms with E-state index >= 15 is 0 Å². The molecule has 0 radical (unpaired) electrons. The Kier molecular flexibility index (Phi) is 2.38. The second-order valence-electron chi connectivity index (χ2n) is 3.96. The molecule has 84 valence electrons. The minimum Gasteiger partial charge on any atom is -0.325 e.